The second kappa shape index (κ2) is 5.38. The molecular formula is C16H22N2O2S. The summed E-state index contributed by atoms with van der Waals surface area (Å²) in [5.74, 6) is 0.816. The van der Waals surface area contributed by atoms with Crippen molar-refractivity contribution in [3.63, 3.8) is 0 Å². The molecule has 1 aromatic rings. The molecule has 114 valence electrons. The largest absolute Gasteiger partial charge is 0.381 e. The minimum atomic E-state index is -0.286. The maximum atomic E-state index is 13.0. The van der Waals surface area contributed by atoms with Crippen LogP contribution in [0.2, 0.25) is 0 Å². The van der Waals surface area contributed by atoms with Crippen LogP contribution in [0.5, 0.6) is 0 Å². The smallest absolute Gasteiger partial charge is 0.244 e. The first-order chi connectivity index (χ1) is 10.3. The van der Waals surface area contributed by atoms with E-state index in [9.17, 15) is 4.79 Å². The van der Waals surface area contributed by atoms with Gasteiger partial charge in [0.1, 0.15) is 6.17 Å². The first-order valence-electron chi connectivity index (χ1n) is 7.97. The van der Waals surface area contributed by atoms with Gasteiger partial charge in [0.05, 0.1) is 12.1 Å². The minimum Gasteiger partial charge on any atom is -0.381 e. The fourth-order valence-corrected chi connectivity index (χ4v) is 4.70. The zero-order valence-electron chi connectivity index (χ0n) is 12.2. The monoisotopic (exact) mass is 306 g/mol. The average Bonchev–Trinajstić information content (AvgIpc) is 3.26. The first kappa shape index (κ1) is 13.7. The van der Waals surface area contributed by atoms with Crippen LogP contribution >= 0.6 is 11.3 Å². The van der Waals surface area contributed by atoms with Gasteiger partial charge in [-0.1, -0.05) is 12.8 Å². The molecule has 1 amide bonds. The molecular weight excluding hydrogens is 284 g/mol. The van der Waals surface area contributed by atoms with Crippen molar-refractivity contribution in [1.29, 1.82) is 0 Å². The van der Waals surface area contributed by atoms with Gasteiger partial charge < -0.3 is 9.64 Å². The Morgan fingerprint density at radius 1 is 1.43 bits per heavy atom. The van der Waals surface area contributed by atoms with Gasteiger partial charge in [-0.3, -0.25) is 10.1 Å². The predicted octanol–water partition coefficient (Wildman–Crippen LogP) is 2.53. The number of hydrogen-bond donors (Lipinski definition) is 1. The van der Waals surface area contributed by atoms with E-state index in [0.717, 1.165) is 51.9 Å². The number of carbonyl (C=O) groups excluding carboxylic acids is 1. The Kier molecular flexibility index (Phi) is 3.52. The molecule has 2 saturated heterocycles. The third-order valence-corrected chi connectivity index (χ3v) is 5.89. The molecule has 1 spiro atoms. The summed E-state index contributed by atoms with van der Waals surface area (Å²) in [6, 6.07) is 2.14. The number of amides is 1. The summed E-state index contributed by atoms with van der Waals surface area (Å²) >= 11 is 1.70. The Bertz CT molecular complexity index is 504. The van der Waals surface area contributed by atoms with Crippen molar-refractivity contribution in [3.05, 3.63) is 22.4 Å². The van der Waals surface area contributed by atoms with Gasteiger partial charge in [0.25, 0.3) is 0 Å². The van der Waals surface area contributed by atoms with Crippen molar-refractivity contribution in [2.45, 2.75) is 43.8 Å². The van der Waals surface area contributed by atoms with Crippen molar-refractivity contribution < 1.29 is 9.53 Å². The molecule has 1 N–H and O–H groups in total. The highest BCUT2D eigenvalue weighted by Crippen LogP contribution is 2.41. The standard InChI is InChI=1S/C16H22N2O2S/c19-15-16(5-1-2-6-16)17-14(13-4-8-21-11-13)18(15)9-12-3-7-20-10-12/h4,8,11-12,14,17H,1-3,5-7,9-10H2. The van der Waals surface area contributed by atoms with Crippen LogP contribution in [-0.2, 0) is 9.53 Å². The number of nitrogens with one attached hydrogen (secondary N) is 1. The second-order valence-electron chi connectivity index (χ2n) is 6.58. The summed E-state index contributed by atoms with van der Waals surface area (Å²) in [5, 5.41) is 7.94. The number of carbonyl (C=O) groups is 1. The van der Waals surface area contributed by atoms with Crippen molar-refractivity contribution in [3.8, 4) is 0 Å². The molecule has 3 fully saturated rings. The van der Waals surface area contributed by atoms with E-state index in [2.05, 4.69) is 27.0 Å². The fourth-order valence-electron chi connectivity index (χ4n) is 4.02. The highest BCUT2D eigenvalue weighted by Gasteiger charge is 2.53. The van der Waals surface area contributed by atoms with Gasteiger partial charge in [0.15, 0.2) is 0 Å². The fraction of sp³-hybridized carbons (Fsp3) is 0.688. The molecule has 1 aliphatic carbocycles. The van der Waals surface area contributed by atoms with Gasteiger partial charge in [-0.05, 0) is 41.7 Å². The number of hydrogen-bond acceptors (Lipinski definition) is 4. The lowest BCUT2D eigenvalue weighted by molar-refractivity contribution is -0.133. The zero-order valence-corrected chi connectivity index (χ0v) is 13.0. The van der Waals surface area contributed by atoms with E-state index in [1.54, 1.807) is 11.3 Å². The van der Waals surface area contributed by atoms with Crippen LogP contribution in [-0.4, -0.2) is 36.1 Å². The Balaban J connectivity index is 1.61. The molecule has 5 heteroatoms. The van der Waals surface area contributed by atoms with Crippen LogP contribution in [0.25, 0.3) is 0 Å². The van der Waals surface area contributed by atoms with E-state index >= 15 is 0 Å². The summed E-state index contributed by atoms with van der Waals surface area (Å²) in [7, 11) is 0. The van der Waals surface area contributed by atoms with Gasteiger partial charge in [0.2, 0.25) is 5.91 Å². The predicted molar refractivity (Wildman–Crippen MR) is 82.0 cm³/mol. The highest BCUT2D eigenvalue weighted by atomic mass is 32.1. The van der Waals surface area contributed by atoms with Gasteiger partial charge in [0, 0.05) is 19.1 Å². The molecule has 4 nitrogen and oxygen atoms in total. The van der Waals surface area contributed by atoms with Crippen molar-refractivity contribution in [2.75, 3.05) is 19.8 Å². The van der Waals surface area contributed by atoms with E-state index in [0.29, 0.717) is 11.8 Å². The molecule has 2 atom stereocenters. The molecule has 0 aromatic carbocycles. The lowest BCUT2D eigenvalue weighted by atomic mass is 9.97. The van der Waals surface area contributed by atoms with Gasteiger partial charge >= 0.3 is 0 Å². The van der Waals surface area contributed by atoms with Crippen molar-refractivity contribution in [1.82, 2.24) is 10.2 Å². The van der Waals surface area contributed by atoms with E-state index < -0.39 is 0 Å². The summed E-state index contributed by atoms with van der Waals surface area (Å²) in [6.45, 7) is 2.47. The van der Waals surface area contributed by atoms with E-state index in [1.807, 2.05) is 0 Å². The molecule has 3 heterocycles. The van der Waals surface area contributed by atoms with Crippen LogP contribution < -0.4 is 5.32 Å². The molecule has 1 aromatic heterocycles. The summed E-state index contributed by atoms with van der Waals surface area (Å²) in [4.78, 5) is 15.1. The molecule has 3 aliphatic rings. The normalized spacial score (nSPS) is 31.6. The number of rotatable bonds is 3. The number of ether oxygens (including phenoxy) is 1. The minimum absolute atomic E-state index is 0.0578. The van der Waals surface area contributed by atoms with Crippen molar-refractivity contribution in [2.24, 2.45) is 5.92 Å². The lowest BCUT2D eigenvalue weighted by Crippen LogP contribution is -2.44. The molecule has 0 radical (unpaired) electrons. The highest BCUT2D eigenvalue weighted by molar-refractivity contribution is 7.07. The maximum absolute atomic E-state index is 13.0. The van der Waals surface area contributed by atoms with Crippen molar-refractivity contribution >= 4 is 17.2 Å². The van der Waals surface area contributed by atoms with Crippen LogP contribution in [0.4, 0.5) is 0 Å². The summed E-state index contributed by atoms with van der Waals surface area (Å²) < 4.78 is 5.49. The number of nitrogens with zero attached hydrogens (tertiary/aromatic N) is 1. The van der Waals surface area contributed by atoms with E-state index in [4.69, 9.17) is 4.74 Å². The molecule has 21 heavy (non-hydrogen) atoms. The Labute approximate surface area is 129 Å². The number of thiophene rings is 1. The third kappa shape index (κ3) is 2.31. The molecule has 0 bridgehead atoms. The summed E-state index contributed by atoms with van der Waals surface area (Å²) in [6.07, 6.45) is 5.44. The zero-order chi connectivity index (χ0) is 14.3. The van der Waals surface area contributed by atoms with Crippen LogP contribution in [0.1, 0.15) is 43.8 Å². The van der Waals surface area contributed by atoms with Gasteiger partial charge in [-0.25, -0.2) is 0 Å². The molecule has 2 unspecified atom stereocenters. The average molecular weight is 306 g/mol. The Morgan fingerprint density at radius 3 is 2.95 bits per heavy atom. The van der Waals surface area contributed by atoms with E-state index in [-0.39, 0.29) is 11.7 Å². The maximum Gasteiger partial charge on any atom is 0.244 e. The van der Waals surface area contributed by atoms with Gasteiger partial charge in [-0.15, -0.1) is 0 Å². The Morgan fingerprint density at radius 2 is 2.29 bits per heavy atom. The van der Waals surface area contributed by atoms with Crippen LogP contribution in [0.15, 0.2) is 16.8 Å². The first-order valence-corrected chi connectivity index (χ1v) is 8.91. The summed E-state index contributed by atoms with van der Waals surface area (Å²) in [5.41, 5.74) is 0.947. The third-order valence-electron chi connectivity index (χ3n) is 5.19. The van der Waals surface area contributed by atoms with Crippen LogP contribution in [0, 0.1) is 5.92 Å². The topological polar surface area (TPSA) is 41.6 Å². The van der Waals surface area contributed by atoms with E-state index in [1.165, 1.54) is 5.56 Å². The SMILES string of the molecule is O=C1N(CC2CCOC2)C(c2ccsc2)NC12CCCC2. The molecule has 1 saturated carbocycles. The quantitative estimate of drug-likeness (QED) is 0.933. The van der Waals surface area contributed by atoms with Gasteiger partial charge in [-0.2, -0.15) is 11.3 Å². The lowest BCUT2D eigenvalue weighted by Gasteiger charge is -2.26. The molecule has 4 rings (SSSR count). The molecule has 2 aliphatic heterocycles. The second-order valence-corrected chi connectivity index (χ2v) is 7.36. The van der Waals surface area contributed by atoms with Crippen LogP contribution in [0.3, 0.4) is 0 Å². The Hall–Kier alpha value is -0.910.